The van der Waals surface area contributed by atoms with Gasteiger partial charge >= 0.3 is 5.97 Å². The van der Waals surface area contributed by atoms with Crippen molar-refractivity contribution in [1.29, 1.82) is 0 Å². The normalized spacial score (nSPS) is 15.8. The van der Waals surface area contributed by atoms with Crippen LogP contribution < -0.4 is 4.74 Å². The van der Waals surface area contributed by atoms with Gasteiger partial charge in [0.2, 0.25) is 0 Å². The van der Waals surface area contributed by atoms with E-state index < -0.39 is 11.5 Å². The topological polar surface area (TPSA) is 66.8 Å². The van der Waals surface area contributed by atoms with E-state index in [0.717, 1.165) is 0 Å². The Labute approximate surface area is 151 Å². The van der Waals surface area contributed by atoms with E-state index in [9.17, 15) is 9.59 Å². The van der Waals surface area contributed by atoms with Crippen molar-refractivity contribution >= 4 is 35.4 Å². The predicted molar refractivity (Wildman–Crippen MR) is 98.7 cm³/mol. The first-order valence-corrected chi connectivity index (χ1v) is 9.88. The lowest BCUT2D eigenvalue weighted by molar-refractivity contribution is -0.156. The molecular weight excluding hydrogens is 346 g/mol. The molecule has 5 nitrogen and oxygen atoms in total. The van der Waals surface area contributed by atoms with Crippen LogP contribution in [0.1, 0.15) is 30.4 Å². The number of carboxylic acid groups (broad SMARTS) is 1. The lowest BCUT2D eigenvalue weighted by Crippen LogP contribution is -2.52. The summed E-state index contributed by atoms with van der Waals surface area (Å²) in [6.07, 6.45) is 1.26. The lowest BCUT2D eigenvalue weighted by atomic mass is 10.0. The standard InChI is InChI=1S/C17H23NO4S2/c1-17(2,16(20)21)18(3)14(19)11-22-13-7-5-12(6-8-13)15-23-9-4-10-24-15/h5-8,15H,4,9-11H2,1-3H3,(H,20,21). The van der Waals surface area contributed by atoms with Crippen LogP contribution in [0.2, 0.25) is 0 Å². The summed E-state index contributed by atoms with van der Waals surface area (Å²) in [5, 5.41) is 9.16. The number of thioether (sulfide) groups is 2. The number of likely N-dealkylation sites (N-methyl/N-ethyl adjacent to an activating group) is 1. The largest absolute Gasteiger partial charge is 0.484 e. The van der Waals surface area contributed by atoms with Crippen LogP contribution in [0, 0.1) is 0 Å². The molecule has 2 rings (SSSR count). The van der Waals surface area contributed by atoms with Gasteiger partial charge in [-0.1, -0.05) is 12.1 Å². The molecule has 1 saturated heterocycles. The van der Waals surface area contributed by atoms with E-state index in [1.54, 1.807) is 0 Å². The molecule has 0 spiro atoms. The quantitative estimate of drug-likeness (QED) is 0.830. The Balaban J connectivity index is 1.90. The summed E-state index contributed by atoms with van der Waals surface area (Å²) < 4.78 is 5.98. The fourth-order valence-corrected chi connectivity index (χ4v) is 4.99. The summed E-state index contributed by atoms with van der Waals surface area (Å²) in [4.78, 5) is 24.5. The molecule has 1 aliphatic rings. The highest BCUT2D eigenvalue weighted by atomic mass is 32.2. The second kappa shape index (κ2) is 8.16. The molecule has 24 heavy (non-hydrogen) atoms. The van der Waals surface area contributed by atoms with Crippen molar-refractivity contribution < 1.29 is 19.4 Å². The van der Waals surface area contributed by atoms with E-state index in [1.165, 1.54) is 49.3 Å². The Morgan fingerprint density at radius 2 is 1.83 bits per heavy atom. The molecule has 132 valence electrons. The Kier molecular flexibility index (Phi) is 6.46. The van der Waals surface area contributed by atoms with Crippen LogP contribution in [0.3, 0.4) is 0 Å². The number of nitrogens with zero attached hydrogens (tertiary/aromatic N) is 1. The van der Waals surface area contributed by atoms with Crippen LogP contribution in [-0.4, -0.2) is 52.6 Å². The highest BCUT2D eigenvalue weighted by Gasteiger charge is 2.35. The summed E-state index contributed by atoms with van der Waals surface area (Å²) in [6, 6.07) is 7.78. The van der Waals surface area contributed by atoms with Crippen LogP contribution >= 0.6 is 23.5 Å². The van der Waals surface area contributed by atoms with Crippen molar-refractivity contribution in [2.45, 2.75) is 30.4 Å². The molecule has 1 heterocycles. The Morgan fingerprint density at radius 1 is 1.25 bits per heavy atom. The van der Waals surface area contributed by atoms with Crippen LogP contribution in [-0.2, 0) is 9.59 Å². The van der Waals surface area contributed by atoms with E-state index in [2.05, 4.69) is 0 Å². The van der Waals surface area contributed by atoms with Crippen LogP contribution in [0.25, 0.3) is 0 Å². The summed E-state index contributed by atoms with van der Waals surface area (Å²) in [6.45, 7) is 2.79. The highest BCUT2D eigenvalue weighted by Crippen LogP contribution is 2.43. The van der Waals surface area contributed by atoms with Crippen molar-refractivity contribution in [1.82, 2.24) is 4.90 Å². The predicted octanol–water partition coefficient (Wildman–Crippen LogP) is 3.26. The van der Waals surface area contributed by atoms with Gasteiger partial charge in [0.05, 0.1) is 4.58 Å². The SMILES string of the molecule is CN(C(=O)COc1ccc(C2SCCCS2)cc1)C(C)(C)C(=O)O. The average molecular weight is 370 g/mol. The lowest BCUT2D eigenvalue weighted by Gasteiger charge is -2.31. The van der Waals surface area contributed by atoms with Gasteiger partial charge in [0.1, 0.15) is 11.3 Å². The average Bonchev–Trinajstić information content (AvgIpc) is 2.60. The zero-order chi connectivity index (χ0) is 17.7. The third kappa shape index (κ3) is 4.60. The van der Waals surface area contributed by atoms with E-state index >= 15 is 0 Å². The molecule has 1 fully saturated rings. The van der Waals surface area contributed by atoms with Gasteiger partial charge in [0, 0.05) is 7.05 Å². The Hall–Kier alpha value is -1.34. The summed E-state index contributed by atoms with van der Waals surface area (Å²) in [5.74, 6) is 1.57. The molecule has 0 saturated carbocycles. The minimum Gasteiger partial charge on any atom is -0.484 e. The number of amides is 1. The number of hydrogen-bond acceptors (Lipinski definition) is 5. The molecule has 1 amide bonds. The minimum atomic E-state index is -1.26. The van der Waals surface area contributed by atoms with Gasteiger partial charge in [0.25, 0.3) is 5.91 Å². The van der Waals surface area contributed by atoms with Gasteiger partial charge in [-0.2, -0.15) is 0 Å². The first-order valence-electron chi connectivity index (χ1n) is 7.78. The van der Waals surface area contributed by atoms with Gasteiger partial charge in [-0.25, -0.2) is 4.79 Å². The van der Waals surface area contributed by atoms with Crippen LogP contribution in [0.4, 0.5) is 0 Å². The maximum Gasteiger partial charge on any atom is 0.329 e. The highest BCUT2D eigenvalue weighted by molar-refractivity contribution is 8.16. The van der Waals surface area contributed by atoms with Crippen molar-refractivity contribution in [2.24, 2.45) is 0 Å². The maximum absolute atomic E-state index is 12.1. The number of carbonyl (C=O) groups excluding carboxylic acids is 1. The van der Waals surface area contributed by atoms with Gasteiger partial charge in [-0.3, -0.25) is 4.79 Å². The minimum absolute atomic E-state index is 0.181. The summed E-state index contributed by atoms with van der Waals surface area (Å²) in [7, 11) is 1.47. The number of rotatable bonds is 6. The molecule has 1 N–H and O–H groups in total. The third-order valence-corrected chi connectivity index (χ3v) is 7.09. The van der Waals surface area contributed by atoms with Gasteiger partial charge in [-0.05, 0) is 49.5 Å². The second-order valence-corrected chi connectivity index (χ2v) is 8.83. The summed E-state index contributed by atoms with van der Waals surface area (Å²) >= 11 is 3.91. The van der Waals surface area contributed by atoms with Crippen molar-refractivity contribution in [3.63, 3.8) is 0 Å². The fraction of sp³-hybridized carbons (Fsp3) is 0.529. The molecule has 1 aromatic rings. The van der Waals surface area contributed by atoms with Crippen molar-refractivity contribution in [3.8, 4) is 5.75 Å². The number of carboxylic acids is 1. The van der Waals surface area contributed by atoms with Gasteiger partial charge in [0.15, 0.2) is 6.61 Å². The van der Waals surface area contributed by atoms with Crippen LogP contribution in [0.5, 0.6) is 5.75 Å². The molecule has 0 radical (unpaired) electrons. The number of ether oxygens (including phenoxy) is 1. The van der Waals surface area contributed by atoms with E-state index in [-0.39, 0.29) is 12.5 Å². The van der Waals surface area contributed by atoms with Gasteiger partial charge < -0.3 is 14.7 Å². The maximum atomic E-state index is 12.1. The number of aliphatic carboxylic acids is 1. The third-order valence-electron chi connectivity index (χ3n) is 4.08. The molecule has 0 bridgehead atoms. The van der Waals surface area contributed by atoms with Gasteiger partial charge in [-0.15, -0.1) is 23.5 Å². The molecule has 7 heteroatoms. The second-order valence-electron chi connectivity index (χ2n) is 6.10. The van der Waals surface area contributed by atoms with E-state index in [1.807, 2.05) is 47.8 Å². The first kappa shape index (κ1) is 19.0. The molecule has 1 aromatic carbocycles. The molecule has 1 aliphatic heterocycles. The van der Waals surface area contributed by atoms with E-state index in [0.29, 0.717) is 10.3 Å². The number of benzene rings is 1. The Morgan fingerprint density at radius 3 is 2.38 bits per heavy atom. The smallest absolute Gasteiger partial charge is 0.329 e. The molecule has 0 unspecified atom stereocenters. The fourth-order valence-electron chi connectivity index (χ4n) is 2.10. The molecular formula is C17H23NO4S2. The van der Waals surface area contributed by atoms with Crippen molar-refractivity contribution in [2.75, 3.05) is 25.2 Å². The van der Waals surface area contributed by atoms with Crippen LogP contribution in [0.15, 0.2) is 24.3 Å². The molecule has 0 aromatic heterocycles. The summed E-state index contributed by atoms with van der Waals surface area (Å²) in [5.41, 5.74) is -0.00721. The van der Waals surface area contributed by atoms with E-state index in [4.69, 9.17) is 9.84 Å². The number of hydrogen-bond donors (Lipinski definition) is 1. The number of carbonyl (C=O) groups is 2. The van der Waals surface area contributed by atoms with Crippen molar-refractivity contribution in [3.05, 3.63) is 29.8 Å². The molecule has 0 aliphatic carbocycles. The zero-order valence-electron chi connectivity index (χ0n) is 14.2. The Bertz CT molecular complexity index is 583. The first-order chi connectivity index (χ1) is 11.3. The monoisotopic (exact) mass is 369 g/mol. The zero-order valence-corrected chi connectivity index (χ0v) is 15.8. The molecule has 0 atom stereocenters.